The summed E-state index contributed by atoms with van der Waals surface area (Å²) in [5.74, 6) is -0.277. The fourth-order valence-corrected chi connectivity index (χ4v) is 1.50. The van der Waals surface area contributed by atoms with Crippen molar-refractivity contribution in [3.8, 4) is 0 Å². The van der Waals surface area contributed by atoms with Crippen molar-refractivity contribution in [2.75, 3.05) is 18.6 Å². The molecule has 4 heteroatoms. The Morgan fingerprint density at radius 3 is 3.06 bits per heavy atom. The Morgan fingerprint density at radius 1 is 1.44 bits per heavy atom. The first kappa shape index (κ1) is 10.4. The summed E-state index contributed by atoms with van der Waals surface area (Å²) >= 11 is 0. The summed E-state index contributed by atoms with van der Waals surface area (Å²) in [6.45, 7) is 0.188. The van der Waals surface area contributed by atoms with E-state index in [1.807, 2.05) is 35.4 Å². The number of nitrogens with zero attached hydrogens (tertiary/aromatic N) is 2. The van der Waals surface area contributed by atoms with Crippen LogP contribution in [-0.2, 0) is 9.53 Å². The van der Waals surface area contributed by atoms with Gasteiger partial charge in [0.2, 0.25) is 0 Å². The summed E-state index contributed by atoms with van der Waals surface area (Å²) in [4.78, 5) is 17.3. The summed E-state index contributed by atoms with van der Waals surface area (Å²) in [7, 11) is 1.38. The van der Waals surface area contributed by atoms with Gasteiger partial charge in [-0.3, -0.25) is 9.79 Å². The van der Waals surface area contributed by atoms with Gasteiger partial charge < -0.3 is 9.64 Å². The second kappa shape index (κ2) is 4.61. The molecule has 16 heavy (non-hydrogen) atoms. The van der Waals surface area contributed by atoms with Crippen LogP contribution in [0.3, 0.4) is 0 Å². The molecule has 0 unspecified atom stereocenters. The lowest BCUT2D eigenvalue weighted by atomic mass is 10.2. The topological polar surface area (TPSA) is 41.9 Å². The maximum Gasteiger partial charge on any atom is 0.325 e. The number of anilines is 1. The molecule has 1 aromatic carbocycles. The van der Waals surface area contributed by atoms with Crippen LogP contribution in [0, 0.1) is 0 Å². The first-order chi connectivity index (χ1) is 7.81. The van der Waals surface area contributed by atoms with E-state index in [0.29, 0.717) is 0 Å². The standard InChI is InChI=1S/C12H12N2O2/c1-16-12(15)9-14-8-4-7-13-10-5-2-3-6-11(10)14/h2-8H,9H2,1H3. The third-order valence-electron chi connectivity index (χ3n) is 2.28. The van der Waals surface area contributed by atoms with Crippen molar-refractivity contribution >= 4 is 23.6 Å². The minimum atomic E-state index is -0.277. The minimum Gasteiger partial charge on any atom is -0.468 e. The molecule has 0 fully saturated rings. The van der Waals surface area contributed by atoms with Gasteiger partial charge in [-0.05, 0) is 18.2 Å². The molecule has 0 saturated heterocycles. The largest absolute Gasteiger partial charge is 0.468 e. The lowest BCUT2D eigenvalue weighted by Crippen LogP contribution is -2.25. The van der Waals surface area contributed by atoms with Crippen molar-refractivity contribution in [3.05, 3.63) is 36.5 Å². The molecule has 1 aromatic rings. The fraction of sp³-hybridized carbons (Fsp3) is 0.167. The van der Waals surface area contributed by atoms with Crippen molar-refractivity contribution in [1.29, 1.82) is 0 Å². The third kappa shape index (κ3) is 2.11. The van der Waals surface area contributed by atoms with Gasteiger partial charge in [-0.25, -0.2) is 0 Å². The van der Waals surface area contributed by atoms with Gasteiger partial charge in [0, 0.05) is 12.4 Å². The summed E-state index contributed by atoms with van der Waals surface area (Å²) in [5.41, 5.74) is 1.74. The van der Waals surface area contributed by atoms with E-state index >= 15 is 0 Å². The van der Waals surface area contributed by atoms with E-state index in [0.717, 1.165) is 11.4 Å². The summed E-state index contributed by atoms with van der Waals surface area (Å²) in [6.07, 6.45) is 5.31. The van der Waals surface area contributed by atoms with E-state index < -0.39 is 0 Å². The molecule has 0 radical (unpaired) electrons. The number of aliphatic imine (C=N–C) groups is 1. The number of carbonyl (C=O) groups is 1. The number of allylic oxidation sites excluding steroid dienone is 1. The fourth-order valence-electron chi connectivity index (χ4n) is 1.50. The molecule has 1 aliphatic rings. The van der Waals surface area contributed by atoms with Gasteiger partial charge in [0.05, 0.1) is 18.5 Å². The van der Waals surface area contributed by atoms with Crippen molar-refractivity contribution in [1.82, 2.24) is 0 Å². The third-order valence-corrected chi connectivity index (χ3v) is 2.28. The number of hydrogen-bond acceptors (Lipinski definition) is 4. The number of ether oxygens (including phenoxy) is 1. The van der Waals surface area contributed by atoms with Crippen LogP contribution in [0.1, 0.15) is 0 Å². The SMILES string of the molecule is COC(=O)CN1C=CC=Nc2ccccc21. The van der Waals surface area contributed by atoms with Gasteiger partial charge in [-0.1, -0.05) is 12.1 Å². The van der Waals surface area contributed by atoms with Gasteiger partial charge in [-0.15, -0.1) is 0 Å². The Hall–Kier alpha value is -2.10. The number of fused-ring (bicyclic) bond motifs is 1. The van der Waals surface area contributed by atoms with Crippen LogP contribution in [0.25, 0.3) is 0 Å². The summed E-state index contributed by atoms with van der Waals surface area (Å²) < 4.78 is 4.65. The second-order valence-corrected chi connectivity index (χ2v) is 3.31. The zero-order chi connectivity index (χ0) is 11.4. The van der Waals surface area contributed by atoms with E-state index in [4.69, 9.17) is 0 Å². The highest BCUT2D eigenvalue weighted by molar-refractivity contribution is 5.85. The van der Waals surface area contributed by atoms with Crippen LogP contribution >= 0.6 is 0 Å². The first-order valence-electron chi connectivity index (χ1n) is 4.94. The van der Waals surface area contributed by atoms with E-state index in [1.54, 1.807) is 12.3 Å². The minimum absolute atomic E-state index is 0.188. The number of benzene rings is 1. The number of carbonyl (C=O) groups excluding carboxylic acids is 1. The van der Waals surface area contributed by atoms with Gasteiger partial charge >= 0.3 is 5.97 Å². The van der Waals surface area contributed by atoms with Crippen LogP contribution in [0.5, 0.6) is 0 Å². The van der Waals surface area contributed by atoms with Gasteiger partial charge in [0.15, 0.2) is 0 Å². The van der Waals surface area contributed by atoms with Gasteiger partial charge in [-0.2, -0.15) is 0 Å². The van der Waals surface area contributed by atoms with E-state index in [1.165, 1.54) is 7.11 Å². The van der Waals surface area contributed by atoms with Gasteiger partial charge in [0.25, 0.3) is 0 Å². The Bertz CT molecular complexity index is 452. The highest BCUT2D eigenvalue weighted by atomic mass is 16.5. The van der Waals surface area contributed by atoms with Gasteiger partial charge in [0.1, 0.15) is 6.54 Å². The maximum atomic E-state index is 11.3. The average Bonchev–Trinajstić information content (AvgIpc) is 2.52. The zero-order valence-corrected chi connectivity index (χ0v) is 8.96. The number of rotatable bonds is 2. The van der Waals surface area contributed by atoms with Crippen LogP contribution in [0.2, 0.25) is 0 Å². The predicted octanol–water partition coefficient (Wildman–Crippen LogP) is 1.90. The Labute approximate surface area is 93.9 Å². The Balaban J connectivity index is 2.31. The molecule has 0 aliphatic carbocycles. The monoisotopic (exact) mass is 216 g/mol. The molecule has 1 heterocycles. The second-order valence-electron chi connectivity index (χ2n) is 3.31. The maximum absolute atomic E-state index is 11.3. The number of hydrogen-bond donors (Lipinski definition) is 0. The van der Waals surface area contributed by atoms with E-state index in [9.17, 15) is 4.79 Å². The molecule has 0 aromatic heterocycles. The highest BCUT2D eigenvalue weighted by Gasteiger charge is 2.13. The molecule has 0 amide bonds. The van der Waals surface area contributed by atoms with Crippen LogP contribution in [0.4, 0.5) is 11.4 Å². The zero-order valence-electron chi connectivity index (χ0n) is 8.96. The van der Waals surface area contributed by atoms with E-state index in [2.05, 4.69) is 9.73 Å². The van der Waals surface area contributed by atoms with Crippen molar-refractivity contribution < 1.29 is 9.53 Å². The Kier molecular flexibility index (Phi) is 3.00. The number of methoxy groups -OCH3 is 1. The van der Waals surface area contributed by atoms with Crippen LogP contribution in [-0.4, -0.2) is 25.8 Å². The van der Waals surface area contributed by atoms with Crippen molar-refractivity contribution in [3.63, 3.8) is 0 Å². The molecular weight excluding hydrogens is 204 g/mol. The lowest BCUT2D eigenvalue weighted by Gasteiger charge is -2.19. The predicted molar refractivity (Wildman–Crippen MR) is 63.1 cm³/mol. The molecule has 1 aliphatic heterocycles. The molecule has 82 valence electrons. The Morgan fingerprint density at radius 2 is 2.25 bits per heavy atom. The summed E-state index contributed by atoms with van der Waals surface area (Å²) in [5, 5.41) is 0. The van der Waals surface area contributed by atoms with Crippen molar-refractivity contribution in [2.24, 2.45) is 4.99 Å². The molecular formula is C12H12N2O2. The average molecular weight is 216 g/mol. The van der Waals surface area contributed by atoms with E-state index in [-0.39, 0.29) is 12.5 Å². The highest BCUT2D eigenvalue weighted by Crippen LogP contribution is 2.29. The molecule has 0 N–H and O–H groups in total. The smallest absolute Gasteiger partial charge is 0.325 e. The quantitative estimate of drug-likeness (QED) is 0.709. The normalized spacial score (nSPS) is 13.2. The van der Waals surface area contributed by atoms with Crippen LogP contribution in [0.15, 0.2) is 41.5 Å². The van der Waals surface area contributed by atoms with Crippen molar-refractivity contribution in [2.45, 2.75) is 0 Å². The van der Waals surface area contributed by atoms with Crippen LogP contribution < -0.4 is 4.90 Å². The molecule has 0 saturated carbocycles. The molecule has 0 spiro atoms. The molecule has 2 rings (SSSR count). The summed E-state index contributed by atoms with van der Waals surface area (Å²) in [6, 6.07) is 7.66. The number of esters is 1. The lowest BCUT2D eigenvalue weighted by molar-refractivity contribution is -0.138. The number of para-hydroxylation sites is 2. The molecule has 0 bridgehead atoms. The molecule has 4 nitrogen and oxygen atoms in total. The molecule has 0 atom stereocenters. The first-order valence-corrected chi connectivity index (χ1v) is 4.94.